The summed E-state index contributed by atoms with van der Waals surface area (Å²) in [6, 6.07) is 14.8. The Morgan fingerprint density at radius 3 is 2.71 bits per heavy atom. The maximum Gasteiger partial charge on any atom is 0.234 e. The number of amides is 1. The number of carbonyl (C=O) groups excluding carboxylic acids is 1. The first-order valence-electron chi connectivity index (χ1n) is 6.58. The molecule has 0 radical (unpaired) electrons. The molecule has 0 unspecified atom stereocenters. The van der Waals surface area contributed by atoms with Crippen LogP contribution in [0.5, 0.6) is 5.75 Å². The van der Waals surface area contributed by atoms with Crippen LogP contribution in [0.3, 0.4) is 0 Å². The summed E-state index contributed by atoms with van der Waals surface area (Å²) in [5.74, 6) is 1.05. The lowest BCUT2D eigenvalue weighted by Gasteiger charge is -2.08. The average molecular weight is 322 g/mol. The van der Waals surface area contributed by atoms with Crippen molar-refractivity contribution in [3.05, 3.63) is 53.6 Å². The van der Waals surface area contributed by atoms with E-state index in [9.17, 15) is 4.79 Å². The van der Waals surface area contributed by atoms with E-state index in [1.165, 1.54) is 11.8 Å². The maximum atomic E-state index is 11.9. The van der Waals surface area contributed by atoms with Crippen LogP contribution < -0.4 is 10.1 Å². The molecule has 3 nitrogen and oxygen atoms in total. The van der Waals surface area contributed by atoms with Gasteiger partial charge in [-0.2, -0.15) is 0 Å². The molecule has 110 valence electrons. The SMILES string of the molecule is CCOc1cccc(NC(=O)CSc2ccc(Cl)cc2)c1. The fourth-order valence-electron chi connectivity index (χ4n) is 1.71. The highest BCUT2D eigenvalue weighted by atomic mass is 35.5. The number of hydrogen-bond acceptors (Lipinski definition) is 3. The smallest absolute Gasteiger partial charge is 0.234 e. The van der Waals surface area contributed by atoms with Gasteiger partial charge in [0.1, 0.15) is 5.75 Å². The van der Waals surface area contributed by atoms with Gasteiger partial charge in [-0.15, -0.1) is 11.8 Å². The molecule has 0 spiro atoms. The van der Waals surface area contributed by atoms with Crippen LogP contribution in [0.4, 0.5) is 5.69 Å². The van der Waals surface area contributed by atoms with Gasteiger partial charge in [-0.1, -0.05) is 17.7 Å². The first-order valence-corrected chi connectivity index (χ1v) is 7.95. The summed E-state index contributed by atoms with van der Waals surface area (Å²) >= 11 is 7.29. The number of hydrogen-bond donors (Lipinski definition) is 1. The Balaban J connectivity index is 1.86. The molecule has 5 heteroatoms. The van der Waals surface area contributed by atoms with Crippen LogP contribution in [0.25, 0.3) is 0 Å². The van der Waals surface area contributed by atoms with Gasteiger partial charge in [0, 0.05) is 21.7 Å². The number of nitrogens with one attached hydrogen (secondary N) is 1. The number of benzene rings is 2. The van der Waals surface area contributed by atoms with Crippen molar-refractivity contribution >= 4 is 35.0 Å². The van der Waals surface area contributed by atoms with Gasteiger partial charge in [0.15, 0.2) is 0 Å². The molecule has 1 N–H and O–H groups in total. The van der Waals surface area contributed by atoms with Crippen LogP contribution in [-0.4, -0.2) is 18.3 Å². The zero-order valence-corrected chi connectivity index (χ0v) is 13.2. The van der Waals surface area contributed by atoms with Gasteiger partial charge in [-0.25, -0.2) is 0 Å². The summed E-state index contributed by atoms with van der Waals surface area (Å²) in [6.45, 7) is 2.53. The zero-order valence-electron chi connectivity index (χ0n) is 11.6. The van der Waals surface area contributed by atoms with Crippen molar-refractivity contribution in [1.29, 1.82) is 0 Å². The molecule has 1 amide bonds. The Labute approximate surface area is 133 Å². The first kappa shape index (κ1) is 15.7. The van der Waals surface area contributed by atoms with Crippen molar-refractivity contribution in [3.63, 3.8) is 0 Å². The normalized spacial score (nSPS) is 10.2. The van der Waals surface area contributed by atoms with E-state index in [0.29, 0.717) is 17.4 Å². The summed E-state index contributed by atoms with van der Waals surface area (Å²) in [6.07, 6.45) is 0. The van der Waals surface area contributed by atoms with Crippen LogP contribution in [0, 0.1) is 0 Å². The van der Waals surface area contributed by atoms with E-state index in [1.807, 2.05) is 55.5 Å². The summed E-state index contributed by atoms with van der Waals surface area (Å²) in [5, 5.41) is 3.55. The zero-order chi connectivity index (χ0) is 15.1. The Morgan fingerprint density at radius 2 is 2.00 bits per heavy atom. The van der Waals surface area contributed by atoms with E-state index in [-0.39, 0.29) is 5.91 Å². The van der Waals surface area contributed by atoms with E-state index >= 15 is 0 Å². The average Bonchev–Trinajstić information content (AvgIpc) is 2.47. The standard InChI is InChI=1S/C16H16ClNO2S/c1-2-20-14-5-3-4-13(10-14)18-16(19)11-21-15-8-6-12(17)7-9-15/h3-10H,2,11H2,1H3,(H,18,19). The Bertz CT molecular complexity index is 601. The predicted molar refractivity (Wildman–Crippen MR) is 88.4 cm³/mol. The monoisotopic (exact) mass is 321 g/mol. The minimum Gasteiger partial charge on any atom is -0.494 e. The van der Waals surface area contributed by atoms with Crippen LogP contribution in [0.1, 0.15) is 6.92 Å². The number of ether oxygens (including phenoxy) is 1. The molecule has 0 bridgehead atoms. The van der Waals surface area contributed by atoms with Gasteiger partial charge in [0.25, 0.3) is 0 Å². The third kappa shape index (κ3) is 5.33. The largest absolute Gasteiger partial charge is 0.494 e. The van der Waals surface area contributed by atoms with Crippen LogP contribution in [0.2, 0.25) is 5.02 Å². The summed E-state index contributed by atoms with van der Waals surface area (Å²) in [4.78, 5) is 12.9. The molecule has 21 heavy (non-hydrogen) atoms. The van der Waals surface area contributed by atoms with Crippen molar-refractivity contribution in [2.75, 3.05) is 17.7 Å². The van der Waals surface area contributed by atoms with E-state index < -0.39 is 0 Å². The second kappa shape index (κ2) is 7.96. The summed E-state index contributed by atoms with van der Waals surface area (Å²) in [5.41, 5.74) is 0.739. The molecule has 0 aliphatic heterocycles. The predicted octanol–water partition coefficient (Wildman–Crippen LogP) is 4.47. The van der Waals surface area contributed by atoms with Crippen molar-refractivity contribution in [3.8, 4) is 5.75 Å². The van der Waals surface area contributed by atoms with Crippen molar-refractivity contribution < 1.29 is 9.53 Å². The molecule has 2 aromatic carbocycles. The number of anilines is 1. The Kier molecular flexibility index (Phi) is 5.96. The summed E-state index contributed by atoms with van der Waals surface area (Å²) in [7, 11) is 0. The van der Waals surface area contributed by atoms with E-state index in [1.54, 1.807) is 0 Å². The lowest BCUT2D eigenvalue weighted by Crippen LogP contribution is -2.13. The van der Waals surface area contributed by atoms with Crippen molar-refractivity contribution in [2.24, 2.45) is 0 Å². The Hall–Kier alpha value is -1.65. The highest BCUT2D eigenvalue weighted by molar-refractivity contribution is 8.00. The molecule has 2 rings (SSSR count). The van der Waals surface area contributed by atoms with Gasteiger partial charge in [-0.3, -0.25) is 4.79 Å². The highest BCUT2D eigenvalue weighted by Crippen LogP contribution is 2.21. The fraction of sp³-hybridized carbons (Fsp3) is 0.188. The first-order chi connectivity index (χ1) is 10.2. The molecule has 0 saturated carbocycles. The molecule has 0 aromatic heterocycles. The van der Waals surface area contributed by atoms with Crippen LogP contribution in [-0.2, 0) is 4.79 Å². The summed E-state index contributed by atoms with van der Waals surface area (Å²) < 4.78 is 5.40. The topological polar surface area (TPSA) is 38.3 Å². The number of thioether (sulfide) groups is 1. The van der Waals surface area contributed by atoms with Gasteiger partial charge in [0.2, 0.25) is 5.91 Å². The lowest BCUT2D eigenvalue weighted by atomic mass is 10.3. The van der Waals surface area contributed by atoms with Crippen molar-refractivity contribution in [2.45, 2.75) is 11.8 Å². The van der Waals surface area contributed by atoms with E-state index in [0.717, 1.165) is 16.3 Å². The van der Waals surface area contributed by atoms with Crippen LogP contribution >= 0.6 is 23.4 Å². The maximum absolute atomic E-state index is 11.9. The Morgan fingerprint density at radius 1 is 1.24 bits per heavy atom. The third-order valence-electron chi connectivity index (χ3n) is 2.61. The van der Waals surface area contributed by atoms with Gasteiger partial charge < -0.3 is 10.1 Å². The number of rotatable bonds is 6. The quantitative estimate of drug-likeness (QED) is 0.798. The van der Waals surface area contributed by atoms with Gasteiger partial charge in [0.05, 0.1) is 12.4 Å². The second-order valence-corrected chi connectivity index (χ2v) is 5.74. The highest BCUT2D eigenvalue weighted by Gasteiger charge is 2.04. The molecule has 0 aliphatic carbocycles. The van der Waals surface area contributed by atoms with E-state index in [2.05, 4.69) is 5.32 Å². The molecule has 0 atom stereocenters. The molecule has 0 saturated heterocycles. The number of halogens is 1. The second-order valence-electron chi connectivity index (χ2n) is 4.25. The minimum atomic E-state index is -0.0522. The molecular formula is C16H16ClNO2S. The fourth-order valence-corrected chi connectivity index (χ4v) is 2.53. The molecular weight excluding hydrogens is 306 g/mol. The van der Waals surface area contributed by atoms with E-state index in [4.69, 9.17) is 16.3 Å². The number of carbonyl (C=O) groups is 1. The van der Waals surface area contributed by atoms with Gasteiger partial charge in [-0.05, 0) is 43.3 Å². The van der Waals surface area contributed by atoms with Crippen LogP contribution in [0.15, 0.2) is 53.4 Å². The molecule has 0 aliphatic rings. The minimum absolute atomic E-state index is 0.0522. The van der Waals surface area contributed by atoms with Crippen molar-refractivity contribution in [1.82, 2.24) is 0 Å². The van der Waals surface area contributed by atoms with Gasteiger partial charge >= 0.3 is 0 Å². The molecule has 0 heterocycles. The third-order valence-corrected chi connectivity index (χ3v) is 3.88. The molecule has 2 aromatic rings. The lowest BCUT2D eigenvalue weighted by molar-refractivity contribution is -0.113. The molecule has 0 fully saturated rings.